The highest BCUT2D eigenvalue weighted by atomic mass is 16.3. The number of hydrogen-bond donors (Lipinski definition) is 5. The van der Waals surface area contributed by atoms with E-state index in [0.717, 1.165) is 31.6 Å². The Kier molecular flexibility index (Phi) is 6.53. The highest BCUT2D eigenvalue weighted by molar-refractivity contribution is 6.24. The smallest absolute Gasteiger partial charge is 0.255 e. The van der Waals surface area contributed by atoms with Crippen LogP contribution in [0.3, 0.4) is 0 Å². The van der Waals surface area contributed by atoms with Crippen LogP contribution in [-0.2, 0) is 27.3 Å². The maximum absolute atomic E-state index is 14.1. The highest BCUT2D eigenvalue weighted by Crippen LogP contribution is 2.55. The lowest BCUT2D eigenvalue weighted by atomic mass is 9.57. The number of benzene rings is 1. The number of piperidine rings is 1. The molecule has 1 aromatic rings. The van der Waals surface area contributed by atoms with Crippen LogP contribution in [0.15, 0.2) is 23.0 Å². The monoisotopic (exact) mass is 580 g/mol. The number of hydrogen-bond acceptors (Lipinski definition) is 10. The molecule has 1 saturated heterocycles. The third-order valence-corrected chi connectivity index (χ3v) is 10.5. The van der Waals surface area contributed by atoms with Crippen LogP contribution in [0.5, 0.6) is 5.75 Å². The summed E-state index contributed by atoms with van der Waals surface area (Å²) in [5, 5.41) is 46.2. The summed E-state index contributed by atoms with van der Waals surface area (Å²) in [4.78, 5) is 45.3. The van der Waals surface area contributed by atoms with E-state index in [1.54, 1.807) is 14.1 Å². The van der Waals surface area contributed by atoms with Crippen molar-refractivity contribution in [2.75, 3.05) is 46.2 Å². The van der Waals surface area contributed by atoms with E-state index in [4.69, 9.17) is 5.73 Å². The van der Waals surface area contributed by atoms with Crippen LogP contribution in [0.4, 0.5) is 5.69 Å². The second-order valence-electron chi connectivity index (χ2n) is 13.4. The fourth-order valence-corrected chi connectivity index (χ4v) is 7.97. The first-order chi connectivity index (χ1) is 19.7. The zero-order chi connectivity index (χ0) is 30.5. The van der Waals surface area contributed by atoms with Crippen LogP contribution in [0.2, 0.25) is 0 Å². The van der Waals surface area contributed by atoms with Gasteiger partial charge in [0.15, 0.2) is 11.4 Å². The van der Waals surface area contributed by atoms with Crippen LogP contribution >= 0.6 is 0 Å². The van der Waals surface area contributed by atoms with Crippen molar-refractivity contribution in [2.24, 2.45) is 23.0 Å². The average Bonchev–Trinajstić information content (AvgIpc) is 3.67. The number of phenolic OH excluding ortho intramolecular Hbond substituents is 1. The fraction of sp³-hybridized carbons (Fsp3) is 0.581. The van der Waals surface area contributed by atoms with Gasteiger partial charge in [0.25, 0.3) is 5.91 Å². The molecule has 1 amide bonds. The van der Waals surface area contributed by atoms with Gasteiger partial charge in [-0.05, 0) is 88.7 Å². The standard InChI is InChI=1S/C31H40N4O7/c1-33(2)19-13-16(14-35-9-7-30(5-6-30)8-10-35)24(36)21-17(19)11-15-12-18-23(34(3)4)26(38)22(29(32)41)28(40)31(18,42)27(39)20(15)25(21)37/h13,15,18,23,36-37,40,42H,5-12,14H2,1-4H3,(H2,32,41)/t15-,18-,23-,31-/m0/s1. The van der Waals surface area contributed by atoms with Crippen molar-refractivity contribution in [3.63, 3.8) is 0 Å². The van der Waals surface area contributed by atoms with Gasteiger partial charge in [-0.15, -0.1) is 0 Å². The number of aliphatic hydroxyl groups excluding tert-OH is 2. The first kappa shape index (κ1) is 28.7. The number of ketones is 2. The summed E-state index contributed by atoms with van der Waals surface area (Å²) in [5.74, 6) is -6.35. The first-order valence-electron chi connectivity index (χ1n) is 14.6. The molecule has 4 aliphatic carbocycles. The Hall–Kier alpha value is -3.41. The number of fused-ring (bicyclic) bond motifs is 3. The van der Waals surface area contributed by atoms with Gasteiger partial charge >= 0.3 is 0 Å². The summed E-state index contributed by atoms with van der Waals surface area (Å²) >= 11 is 0. The summed E-state index contributed by atoms with van der Waals surface area (Å²) < 4.78 is 0. The molecule has 0 radical (unpaired) electrons. The molecular formula is C31H40N4O7. The Labute approximate surface area is 244 Å². The minimum Gasteiger partial charge on any atom is -0.508 e. The van der Waals surface area contributed by atoms with Gasteiger partial charge in [0, 0.05) is 43.4 Å². The highest BCUT2D eigenvalue weighted by Gasteiger charge is 2.64. The molecule has 4 atom stereocenters. The van der Waals surface area contributed by atoms with Crippen molar-refractivity contribution < 1.29 is 34.8 Å². The molecule has 6 rings (SSSR count). The number of carbonyl (C=O) groups is 3. The number of aromatic hydroxyl groups is 1. The Morgan fingerprint density at radius 2 is 1.71 bits per heavy atom. The van der Waals surface area contributed by atoms with Gasteiger partial charge in [-0.3, -0.25) is 24.2 Å². The maximum Gasteiger partial charge on any atom is 0.255 e. The second-order valence-corrected chi connectivity index (χ2v) is 13.4. The molecule has 1 spiro atoms. The van der Waals surface area contributed by atoms with Gasteiger partial charge in [-0.1, -0.05) is 0 Å². The predicted octanol–water partition coefficient (Wildman–Crippen LogP) is 1.41. The van der Waals surface area contributed by atoms with Gasteiger partial charge in [0.1, 0.15) is 22.8 Å². The number of Topliss-reactive ketones (excluding diaryl/α,β-unsaturated/α-hetero) is 2. The zero-order valence-electron chi connectivity index (χ0n) is 24.6. The number of anilines is 1. The molecule has 3 fully saturated rings. The quantitative estimate of drug-likeness (QED) is 0.321. The van der Waals surface area contributed by atoms with Gasteiger partial charge < -0.3 is 31.1 Å². The summed E-state index contributed by atoms with van der Waals surface area (Å²) in [6.07, 6.45) is 5.17. The maximum atomic E-state index is 14.1. The molecule has 42 heavy (non-hydrogen) atoms. The largest absolute Gasteiger partial charge is 0.508 e. The molecule has 1 heterocycles. The number of nitrogens with zero attached hydrogens (tertiary/aromatic N) is 3. The Morgan fingerprint density at radius 1 is 1.07 bits per heavy atom. The second kappa shape index (κ2) is 9.55. The third kappa shape index (κ3) is 4.00. The van der Waals surface area contributed by atoms with Crippen LogP contribution in [0, 0.1) is 17.3 Å². The van der Waals surface area contributed by atoms with E-state index in [0.29, 0.717) is 23.1 Å². The molecule has 226 valence electrons. The lowest BCUT2D eigenvalue weighted by molar-refractivity contribution is -0.153. The normalized spacial score (nSPS) is 30.4. The lowest BCUT2D eigenvalue weighted by Crippen LogP contribution is -2.65. The van der Waals surface area contributed by atoms with Crippen LogP contribution in [-0.4, -0.2) is 101 Å². The van der Waals surface area contributed by atoms with Crippen LogP contribution in [0.25, 0.3) is 5.76 Å². The number of carbonyl (C=O) groups excluding carboxylic acids is 3. The molecule has 0 aromatic heterocycles. The van der Waals surface area contributed by atoms with Crippen molar-refractivity contribution in [3.8, 4) is 5.75 Å². The van der Waals surface area contributed by atoms with E-state index >= 15 is 0 Å². The SMILES string of the molecule is CN(C)c1cc(CN2CCC3(CC2)CC3)c(O)c2c1C[C@H]1C[C@H]3[C@H](N(C)C)C(=O)C(C(N)=O)=C(O)[C@@]3(O)C(=O)C1=C2O. The fourth-order valence-electron chi connectivity index (χ4n) is 7.97. The van der Waals surface area contributed by atoms with E-state index < -0.39 is 58.0 Å². The first-order valence-corrected chi connectivity index (χ1v) is 14.6. The van der Waals surface area contributed by atoms with E-state index in [1.165, 1.54) is 17.7 Å². The number of rotatable bonds is 5. The van der Waals surface area contributed by atoms with Gasteiger partial charge in [0.2, 0.25) is 5.78 Å². The lowest BCUT2D eigenvalue weighted by Gasteiger charge is -2.50. The summed E-state index contributed by atoms with van der Waals surface area (Å²) in [5.41, 5.74) is 4.57. The van der Waals surface area contributed by atoms with Crippen LogP contribution in [0.1, 0.15) is 48.8 Å². The average molecular weight is 581 g/mol. The van der Waals surface area contributed by atoms with Crippen molar-refractivity contribution in [1.82, 2.24) is 9.80 Å². The molecule has 11 nitrogen and oxygen atoms in total. The van der Waals surface area contributed by atoms with Gasteiger partial charge in [0.05, 0.1) is 11.6 Å². The number of amides is 1. The number of likely N-dealkylation sites (N-methyl/N-ethyl adjacent to an activating group) is 1. The van der Waals surface area contributed by atoms with Gasteiger partial charge in [-0.25, -0.2) is 0 Å². The Morgan fingerprint density at radius 3 is 2.26 bits per heavy atom. The van der Waals surface area contributed by atoms with Crippen molar-refractivity contribution >= 4 is 28.9 Å². The van der Waals surface area contributed by atoms with E-state index in [2.05, 4.69) is 4.90 Å². The van der Waals surface area contributed by atoms with Gasteiger partial charge in [-0.2, -0.15) is 0 Å². The molecule has 2 saturated carbocycles. The van der Waals surface area contributed by atoms with E-state index in [1.807, 2.05) is 25.1 Å². The van der Waals surface area contributed by atoms with Crippen molar-refractivity contribution in [1.29, 1.82) is 0 Å². The molecule has 1 aromatic carbocycles. The zero-order valence-corrected chi connectivity index (χ0v) is 24.6. The minimum atomic E-state index is -2.64. The molecule has 1 aliphatic heterocycles. The molecule has 5 aliphatic rings. The number of likely N-dealkylation sites (tertiary alicyclic amines) is 1. The number of primary amides is 1. The molecule has 0 bridgehead atoms. The van der Waals surface area contributed by atoms with E-state index in [9.17, 15) is 34.8 Å². The minimum absolute atomic E-state index is 0.0661. The van der Waals surface area contributed by atoms with Crippen molar-refractivity contribution in [3.05, 3.63) is 39.7 Å². The summed E-state index contributed by atoms with van der Waals surface area (Å²) in [6.45, 7) is 2.34. The molecule has 0 unspecified atom stereocenters. The molecule has 11 heteroatoms. The van der Waals surface area contributed by atoms with E-state index in [-0.39, 0.29) is 29.7 Å². The Balaban J connectivity index is 1.46. The number of aliphatic hydroxyl groups is 3. The number of nitrogens with two attached hydrogens (primary N) is 1. The summed E-state index contributed by atoms with van der Waals surface area (Å²) in [7, 11) is 6.94. The topological polar surface area (TPSA) is 168 Å². The Bertz CT molecular complexity index is 1460. The predicted molar refractivity (Wildman–Crippen MR) is 155 cm³/mol. The van der Waals surface area contributed by atoms with Crippen LogP contribution < -0.4 is 10.6 Å². The van der Waals surface area contributed by atoms with Crippen molar-refractivity contribution in [2.45, 2.75) is 56.7 Å². The number of phenols is 1. The molecule has 6 N–H and O–H groups in total. The molecular weight excluding hydrogens is 540 g/mol. The third-order valence-electron chi connectivity index (χ3n) is 10.5. The summed E-state index contributed by atoms with van der Waals surface area (Å²) in [6, 6.07) is 0.834.